The molecule has 2 unspecified atom stereocenters. The van der Waals surface area contributed by atoms with Gasteiger partial charge in [0.05, 0.1) is 0 Å². The molecule has 0 radical (unpaired) electrons. The molecule has 0 bridgehead atoms. The van der Waals surface area contributed by atoms with E-state index in [2.05, 4.69) is 35.2 Å². The number of rotatable bonds is 0. The third kappa shape index (κ3) is 2.06. The first-order valence-electron chi connectivity index (χ1n) is 4.52. The standard InChI is InChI=1S/C9H15IS/c10-7-1-2-9(3-4-9)6-8(11)5-7/h7-8,11H,1-6H2. The lowest BCUT2D eigenvalue weighted by atomic mass is 9.97. The zero-order chi connectivity index (χ0) is 7.90. The minimum absolute atomic E-state index is 0.696. The Bertz CT molecular complexity index is 154. The maximum Gasteiger partial charge on any atom is 0.0120 e. The van der Waals surface area contributed by atoms with Crippen molar-refractivity contribution in [1.82, 2.24) is 0 Å². The summed E-state index contributed by atoms with van der Waals surface area (Å²) in [6.07, 6.45) is 8.65. The number of alkyl halides is 1. The Morgan fingerprint density at radius 1 is 1.27 bits per heavy atom. The van der Waals surface area contributed by atoms with Gasteiger partial charge >= 0.3 is 0 Å². The first-order chi connectivity index (χ1) is 5.20. The van der Waals surface area contributed by atoms with Gasteiger partial charge in [0.25, 0.3) is 0 Å². The quantitative estimate of drug-likeness (QED) is 0.393. The second kappa shape index (κ2) is 3.09. The molecular weight excluding hydrogens is 267 g/mol. The smallest absolute Gasteiger partial charge is 0.0120 e. The van der Waals surface area contributed by atoms with E-state index < -0.39 is 0 Å². The molecule has 0 aromatic rings. The summed E-state index contributed by atoms with van der Waals surface area (Å²) in [6, 6.07) is 0. The van der Waals surface area contributed by atoms with Crippen LogP contribution in [0.4, 0.5) is 0 Å². The van der Waals surface area contributed by atoms with Gasteiger partial charge in [-0.3, -0.25) is 0 Å². The largest absolute Gasteiger partial charge is 0.176 e. The van der Waals surface area contributed by atoms with Gasteiger partial charge in [-0.05, 0) is 43.9 Å². The molecule has 0 N–H and O–H groups in total. The summed E-state index contributed by atoms with van der Waals surface area (Å²) in [5.41, 5.74) is 0.784. The molecular formula is C9H15IS. The highest BCUT2D eigenvalue weighted by molar-refractivity contribution is 14.1. The maximum atomic E-state index is 4.64. The Balaban J connectivity index is 1.98. The molecule has 2 atom stereocenters. The topological polar surface area (TPSA) is 0 Å². The SMILES string of the molecule is SC1CC(I)CCC2(CC2)C1. The summed E-state index contributed by atoms with van der Waals surface area (Å²) < 4.78 is 0.898. The second-order valence-electron chi connectivity index (χ2n) is 4.23. The maximum absolute atomic E-state index is 4.64. The van der Waals surface area contributed by atoms with Crippen LogP contribution in [0.15, 0.2) is 0 Å². The molecule has 2 rings (SSSR count). The number of hydrogen-bond donors (Lipinski definition) is 1. The van der Waals surface area contributed by atoms with Crippen LogP contribution in [0.5, 0.6) is 0 Å². The lowest BCUT2D eigenvalue weighted by molar-refractivity contribution is 0.445. The lowest BCUT2D eigenvalue weighted by Crippen LogP contribution is -2.06. The van der Waals surface area contributed by atoms with Gasteiger partial charge in [0.2, 0.25) is 0 Å². The molecule has 0 amide bonds. The predicted molar refractivity (Wildman–Crippen MR) is 60.7 cm³/mol. The van der Waals surface area contributed by atoms with Gasteiger partial charge in [-0.15, -0.1) is 0 Å². The van der Waals surface area contributed by atoms with Crippen molar-refractivity contribution in [3.8, 4) is 0 Å². The molecule has 2 fully saturated rings. The average molecular weight is 282 g/mol. The summed E-state index contributed by atoms with van der Waals surface area (Å²) in [5, 5.41) is 0.696. The van der Waals surface area contributed by atoms with Gasteiger partial charge in [0.1, 0.15) is 0 Å². The Morgan fingerprint density at radius 3 is 2.64 bits per heavy atom. The Kier molecular flexibility index (Phi) is 2.44. The van der Waals surface area contributed by atoms with Crippen molar-refractivity contribution >= 4 is 35.2 Å². The van der Waals surface area contributed by atoms with E-state index in [4.69, 9.17) is 0 Å². The molecule has 1 spiro atoms. The van der Waals surface area contributed by atoms with E-state index >= 15 is 0 Å². The van der Waals surface area contributed by atoms with Crippen molar-refractivity contribution in [2.24, 2.45) is 5.41 Å². The average Bonchev–Trinajstić information content (AvgIpc) is 2.66. The number of thiol groups is 1. The van der Waals surface area contributed by atoms with Gasteiger partial charge in [0.15, 0.2) is 0 Å². The molecule has 2 saturated carbocycles. The zero-order valence-electron chi connectivity index (χ0n) is 6.72. The monoisotopic (exact) mass is 282 g/mol. The summed E-state index contributed by atoms with van der Waals surface area (Å²) in [4.78, 5) is 0. The van der Waals surface area contributed by atoms with Crippen LogP contribution in [-0.2, 0) is 0 Å². The fourth-order valence-electron chi connectivity index (χ4n) is 2.19. The number of halogens is 1. The van der Waals surface area contributed by atoms with Crippen LogP contribution in [0.3, 0.4) is 0 Å². The summed E-state index contributed by atoms with van der Waals surface area (Å²) in [5.74, 6) is 0. The predicted octanol–water partition coefficient (Wildman–Crippen LogP) is 3.44. The fraction of sp³-hybridized carbons (Fsp3) is 1.00. The van der Waals surface area contributed by atoms with Gasteiger partial charge in [0, 0.05) is 9.17 Å². The van der Waals surface area contributed by atoms with E-state index in [-0.39, 0.29) is 0 Å². The van der Waals surface area contributed by atoms with Crippen LogP contribution in [0.1, 0.15) is 38.5 Å². The minimum Gasteiger partial charge on any atom is -0.176 e. The van der Waals surface area contributed by atoms with Crippen LogP contribution in [0.25, 0.3) is 0 Å². The fourth-order valence-corrected chi connectivity index (χ4v) is 4.16. The zero-order valence-corrected chi connectivity index (χ0v) is 9.77. The first kappa shape index (κ1) is 8.67. The van der Waals surface area contributed by atoms with E-state index in [0.717, 1.165) is 9.34 Å². The summed E-state index contributed by atoms with van der Waals surface area (Å²) in [7, 11) is 0. The Labute approximate surface area is 88.1 Å². The van der Waals surface area contributed by atoms with Crippen molar-refractivity contribution in [1.29, 1.82) is 0 Å². The molecule has 0 heterocycles. The molecule has 0 saturated heterocycles. The van der Waals surface area contributed by atoms with Crippen molar-refractivity contribution in [3.63, 3.8) is 0 Å². The third-order valence-electron chi connectivity index (χ3n) is 3.14. The highest BCUT2D eigenvalue weighted by atomic mass is 127. The molecule has 2 aliphatic carbocycles. The summed E-state index contributed by atoms with van der Waals surface area (Å²) in [6.45, 7) is 0. The van der Waals surface area contributed by atoms with Crippen molar-refractivity contribution in [2.45, 2.75) is 47.7 Å². The molecule has 11 heavy (non-hydrogen) atoms. The van der Waals surface area contributed by atoms with Crippen LogP contribution in [-0.4, -0.2) is 9.17 Å². The van der Waals surface area contributed by atoms with E-state index in [9.17, 15) is 0 Å². The van der Waals surface area contributed by atoms with Crippen molar-refractivity contribution in [3.05, 3.63) is 0 Å². The first-order valence-corrected chi connectivity index (χ1v) is 6.29. The normalized spacial score (nSPS) is 42.0. The molecule has 64 valence electrons. The minimum atomic E-state index is 0.696. The van der Waals surface area contributed by atoms with Crippen molar-refractivity contribution in [2.75, 3.05) is 0 Å². The molecule has 2 aliphatic rings. The molecule has 0 aliphatic heterocycles. The number of hydrogen-bond acceptors (Lipinski definition) is 1. The van der Waals surface area contributed by atoms with Gasteiger partial charge < -0.3 is 0 Å². The van der Waals surface area contributed by atoms with Gasteiger partial charge in [-0.25, -0.2) is 0 Å². The molecule has 0 aromatic heterocycles. The Hall–Kier alpha value is 1.08. The van der Waals surface area contributed by atoms with Gasteiger partial charge in [-0.2, -0.15) is 12.6 Å². The van der Waals surface area contributed by atoms with E-state index in [1.165, 1.54) is 38.5 Å². The summed E-state index contributed by atoms with van der Waals surface area (Å²) >= 11 is 7.23. The highest BCUT2D eigenvalue weighted by Gasteiger charge is 2.44. The lowest BCUT2D eigenvalue weighted by Gasteiger charge is -2.13. The second-order valence-corrected chi connectivity index (χ2v) is 6.72. The molecule has 0 nitrogen and oxygen atoms in total. The van der Waals surface area contributed by atoms with Crippen LogP contribution >= 0.6 is 35.2 Å². The van der Waals surface area contributed by atoms with E-state index in [0.29, 0.717) is 5.25 Å². The van der Waals surface area contributed by atoms with Crippen molar-refractivity contribution < 1.29 is 0 Å². The van der Waals surface area contributed by atoms with E-state index in [1.54, 1.807) is 0 Å². The highest BCUT2D eigenvalue weighted by Crippen LogP contribution is 2.56. The van der Waals surface area contributed by atoms with E-state index in [1.807, 2.05) is 0 Å². The third-order valence-corrected chi connectivity index (χ3v) is 4.67. The molecule has 0 aromatic carbocycles. The van der Waals surface area contributed by atoms with Gasteiger partial charge in [-0.1, -0.05) is 22.6 Å². The van der Waals surface area contributed by atoms with Crippen LogP contribution < -0.4 is 0 Å². The Morgan fingerprint density at radius 2 is 2.00 bits per heavy atom. The van der Waals surface area contributed by atoms with Crippen LogP contribution in [0.2, 0.25) is 0 Å². The molecule has 2 heteroatoms. The van der Waals surface area contributed by atoms with Crippen LogP contribution in [0, 0.1) is 5.41 Å².